The van der Waals surface area contributed by atoms with Crippen LogP contribution < -0.4 is 0 Å². The molecule has 0 bridgehead atoms. The van der Waals surface area contributed by atoms with Crippen molar-refractivity contribution in [2.24, 2.45) is 0 Å². The highest BCUT2D eigenvalue weighted by molar-refractivity contribution is 7.07. The van der Waals surface area contributed by atoms with E-state index >= 15 is 0 Å². The Balaban J connectivity index is 2.11. The predicted octanol–water partition coefficient (Wildman–Crippen LogP) is 4.15. The predicted molar refractivity (Wildman–Crippen MR) is 66.2 cm³/mol. The second-order valence-electron chi connectivity index (χ2n) is 3.67. The first kappa shape index (κ1) is 10.4. The van der Waals surface area contributed by atoms with Gasteiger partial charge in [0.25, 0.3) is 0 Å². The van der Waals surface area contributed by atoms with Crippen LogP contribution in [-0.2, 0) is 6.42 Å². The standard InChI is InChI=1S/C13H15NS/c1-2-3-4-11-5-7-12(8-6-11)13-9-15-10-14-13/h5-10H,2-4H2,1H3. The fraction of sp³-hybridized carbons (Fsp3) is 0.308. The maximum Gasteiger partial charge on any atom is 0.0811 e. The molecule has 0 atom stereocenters. The Morgan fingerprint density at radius 3 is 2.60 bits per heavy atom. The van der Waals surface area contributed by atoms with Crippen molar-refractivity contribution in [2.45, 2.75) is 26.2 Å². The van der Waals surface area contributed by atoms with Crippen molar-refractivity contribution in [1.82, 2.24) is 4.98 Å². The van der Waals surface area contributed by atoms with Crippen molar-refractivity contribution >= 4 is 11.3 Å². The Hall–Kier alpha value is -1.15. The molecule has 2 heteroatoms. The Kier molecular flexibility index (Phi) is 3.51. The lowest BCUT2D eigenvalue weighted by atomic mass is 10.1. The van der Waals surface area contributed by atoms with Gasteiger partial charge < -0.3 is 0 Å². The molecule has 0 N–H and O–H groups in total. The molecule has 78 valence electrons. The van der Waals surface area contributed by atoms with E-state index in [0.29, 0.717) is 0 Å². The molecule has 0 fully saturated rings. The summed E-state index contributed by atoms with van der Waals surface area (Å²) in [6.45, 7) is 2.23. The summed E-state index contributed by atoms with van der Waals surface area (Å²) in [7, 11) is 0. The lowest BCUT2D eigenvalue weighted by Gasteiger charge is -2.01. The van der Waals surface area contributed by atoms with Crippen LogP contribution in [0.1, 0.15) is 25.3 Å². The molecule has 0 unspecified atom stereocenters. The summed E-state index contributed by atoms with van der Waals surface area (Å²) in [5.41, 5.74) is 5.61. The third-order valence-corrected chi connectivity index (χ3v) is 3.09. The molecule has 0 aliphatic carbocycles. The van der Waals surface area contributed by atoms with E-state index in [-0.39, 0.29) is 0 Å². The van der Waals surface area contributed by atoms with E-state index in [4.69, 9.17) is 0 Å². The molecule has 0 spiro atoms. The van der Waals surface area contributed by atoms with Gasteiger partial charge in [0.15, 0.2) is 0 Å². The number of nitrogens with zero attached hydrogens (tertiary/aromatic N) is 1. The lowest BCUT2D eigenvalue weighted by Crippen LogP contribution is -1.84. The monoisotopic (exact) mass is 217 g/mol. The molecule has 0 aliphatic rings. The molecule has 0 amide bonds. The first-order chi connectivity index (χ1) is 7.40. The van der Waals surface area contributed by atoms with Crippen molar-refractivity contribution in [1.29, 1.82) is 0 Å². The fourth-order valence-electron chi connectivity index (χ4n) is 1.58. The van der Waals surface area contributed by atoms with Crippen LogP contribution in [0.15, 0.2) is 35.2 Å². The van der Waals surface area contributed by atoms with E-state index in [1.54, 1.807) is 11.3 Å². The number of thiazole rings is 1. The number of hydrogen-bond acceptors (Lipinski definition) is 2. The fourth-order valence-corrected chi connectivity index (χ4v) is 2.14. The molecule has 0 saturated heterocycles. The van der Waals surface area contributed by atoms with Crippen molar-refractivity contribution < 1.29 is 0 Å². The first-order valence-corrected chi connectivity index (χ1v) is 6.32. The van der Waals surface area contributed by atoms with Crippen LogP contribution in [0, 0.1) is 0 Å². The first-order valence-electron chi connectivity index (χ1n) is 5.37. The van der Waals surface area contributed by atoms with Gasteiger partial charge in [0.2, 0.25) is 0 Å². The van der Waals surface area contributed by atoms with Gasteiger partial charge in [-0.15, -0.1) is 11.3 Å². The molecule has 0 saturated carbocycles. The molecule has 0 radical (unpaired) electrons. The minimum absolute atomic E-state index is 1.09. The van der Waals surface area contributed by atoms with Crippen LogP contribution in [0.3, 0.4) is 0 Å². The zero-order valence-electron chi connectivity index (χ0n) is 8.94. The minimum Gasteiger partial charge on any atom is -0.245 e. The van der Waals surface area contributed by atoms with Gasteiger partial charge in [-0.1, -0.05) is 37.6 Å². The van der Waals surface area contributed by atoms with Crippen LogP contribution in [0.25, 0.3) is 11.3 Å². The van der Waals surface area contributed by atoms with E-state index in [1.807, 2.05) is 5.51 Å². The van der Waals surface area contributed by atoms with Crippen molar-refractivity contribution in [3.05, 3.63) is 40.7 Å². The van der Waals surface area contributed by atoms with Gasteiger partial charge in [0, 0.05) is 10.9 Å². The minimum atomic E-state index is 1.09. The number of aromatic nitrogens is 1. The summed E-state index contributed by atoms with van der Waals surface area (Å²) >= 11 is 1.64. The summed E-state index contributed by atoms with van der Waals surface area (Å²) in [5, 5.41) is 2.08. The van der Waals surface area contributed by atoms with Gasteiger partial charge in [0.1, 0.15) is 0 Å². The summed E-state index contributed by atoms with van der Waals surface area (Å²) in [6, 6.07) is 8.76. The van der Waals surface area contributed by atoms with Crippen LogP contribution in [-0.4, -0.2) is 4.98 Å². The van der Waals surface area contributed by atoms with Crippen molar-refractivity contribution in [3.8, 4) is 11.3 Å². The zero-order chi connectivity index (χ0) is 10.5. The second kappa shape index (κ2) is 5.08. The average molecular weight is 217 g/mol. The molecular formula is C13H15NS. The molecular weight excluding hydrogens is 202 g/mol. The van der Waals surface area contributed by atoms with Crippen LogP contribution in [0.4, 0.5) is 0 Å². The summed E-state index contributed by atoms with van der Waals surface area (Å²) < 4.78 is 0. The highest BCUT2D eigenvalue weighted by Gasteiger charge is 1.99. The number of rotatable bonds is 4. The van der Waals surface area contributed by atoms with Crippen molar-refractivity contribution in [2.75, 3.05) is 0 Å². The maximum absolute atomic E-state index is 4.30. The quantitative estimate of drug-likeness (QED) is 0.749. The number of hydrogen-bond donors (Lipinski definition) is 0. The smallest absolute Gasteiger partial charge is 0.0811 e. The molecule has 1 aromatic carbocycles. The number of unbranched alkanes of at least 4 members (excludes halogenated alkanes) is 1. The van der Waals surface area contributed by atoms with Gasteiger partial charge in [-0.05, 0) is 18.4 Å². The van der Waals surface area contributed by atoms with Gasteiger partial charge in [0.05, 0.1) is 11.2 Å². The Bertz CT molecular complexity index is 389. The summed E-state index contributed by atoms with van der Waals surface area (Å²) in [4.78, 5) is 4.30. The maximum atomic E-state index is 4.30. The molecule has 15 heavy (non-hydrogen) atoms. The molecule has 1 nitrogen and oxygen atoms in total. The highest BCUT2D eigenvalue weighted by Crippen LogP contribution is 2.19. The lowest BCUT2D eigenvalue weighted by molar-refractivity contribution is 0.795. The Morgan fingerprint density at radius 1 is 1.20 bits per heavy atom. The SMILES string of the molecule is CCCCc1ccc(-c2cscn2)cc1. The van der Waals surface area contributed by atoms with E-state index in [9.17, 15) is 0 Å². The van der Waals surface area contributed by atoms with E-state index in [0.717, 1.165) is 5.69 Å². The van der Waals surface area contributed by atoms with Gasteiger partial charge in [-0.2, -0.15) is 0 Å². The Morgan fingerprint density at radius 2 is 2.00 bits per heavy atom. The highest BCUT2D eigenvalue weighted by atomic mass is 32.1. The third-order valence-electron chi connectivity index (χ3n) is 2.50. The molecule has 1 aromatic heterocycles. The molecule has 2 aromatic rings. The van der Waals surface area contributed by atoms with Crippen molar-refractivity contribution in [3.63, 3.8) is 0 Å². The summed E-state index contributed by atoms with van der Waals surface area (Å²) in [5.74, 6) is 0. The van der Waals surface area contributed by atoms with Gasteiger partial charge in [-0.25, -0.2) is 4.98 Å². The molecule has 2 rings (SSSR count). The van der Waals surface area contributed by atoms with E-state index in [1.165, 1.54) is 30.4 Å². The average Bonchev–Trinajstić information content (AvgIpc) is 2.80. The summed E-state index contributed by atoms with van der Waals surface area (Å²) in [6.07, 6.45) is 3.72. The number of benzene rings is 1. The third kappa shape index (κ3) is 2.66. The largest absolute Gasteiger partial charge is 0.245 e. The van der Waals surface area contributed by atoms with Crippen LogP contribution in [0.2, 0.25) is 0 Å². The van der Waals surface area contributed by atoms with Gasteiger partial charge in [-0.3, -0.25) is 0 Å². The number of aryl methyl sites for hydroxylation is 1. The molecule has 0 aliphatic heterocycles. The topological polar surface area (TPSA) is 12.9 Å². The Labute approximate surface area is 94.8 Å². The van der Waals surface area contributed by atoms with Gasteiger partial charge >= 0.3 is 0 Å². The van der Waals surface area contributed by atoms with E-state index < -0.39 is 0 Å². The normalized spacial score (nSPS) is 10.5. The molecule has 1 heterocycles. The zero-order valence-corrected chi connectivity index (χ0v) is 9.76. The van der Waals surface area contributed by atoms with Crippen LogP contribution >= 0.6 is 11.3 Å². The van der Waals surface area contributed by atoms with Crippen LogP contribution in [0.5, 0.6) is 0 Å². The second-order valence-corrected chi connectivity index (χ2v) is 4.39. The van der Waals surface area contributed by atoms with E-state index in [2.05, 4.69) is 41.6 Å².